The van der Waals surface area contributed by atoms with E-state index in [0.29, 0.717) is 6.42 Å². The minimum atomic E-state index is -0.720. The molecule has 1 aliphatic rings. The number of carbonyl (C=O) groups is 1. The van der Waals surface area contributed by atoms with E-state index >= 15 is 0 Å². The second-order valence-electron chi connectivity index (χ2n) is 4.66. The fraction of sp³-hybridized carbons (Fsp3) is 0.615. The Morgan fingerprint density at radius 3 is 2.88 bits per heavy atom. The van der Waals surface area contributed by atoms with E-state index in [2.05, 4.69) is 11.8 Å². The first-order valence-corrected chi connectivity index (χ1v) is 6.16. The molecule has 0 amide bonds. The van der Waals surface area contributed by atoms with Gasteiger partial charge < -0.3 is 9.52 Å². The summed E-state index contributed by atoms with van der Waals surface area (Å²) >= 11 is 0. The molecule has 2 heterocycles. The fourth-order valence-corrected chi connectivity index (χ4v) is 2.64. The van der Waals surface area contributed by atoms with Crippen molar-refractivity contribution in [3.05, 3.63) is 23.7 Å². The quantitative estimate of drug-likeness (QED) is 0.874. The first-order valence-electron chi connectivity index (χ1n) is 6.16. The van der Waals surface area contributed by atoms with Crippen molar-refractivity contribution in [2.45, 2.75) is 32.7 Å². The van der Waals surface area contributed by atoms with Gasteiger partial charge in [0.15, 0.2) is 0 Å². The molecule has 1 aromatic heterocycles. The Bertz CT molecular complexity index is 399. The summed E-state index contributed by atoms with van der Waals surface area (Å²) in [6, 6.07) is 3.71. The van der Waals surface area contributed by atoms with Gasteiger partial charge in [-0.05, 0) is 45.0 Å². The molecule has 4 nitrogen and oxygen atoms in total. The molecule has 0 spiro atoms. The van der Waals surface area contributed by atoms with Crippen LogP contribution < -0.4 is 0 Å². The highest BCUT2D eigenvalue weighted by Gasteiger charge is 2.40. The predicted molar refractivity (Wildman–Crippen MR) is 63.8 cm³/mol. The third-order valence-corrected chi connectivity index (χ3v) is 3.38. The fourth-order valence-electron chi connectivity index (χ4n) is 2.64. The Labute approximate surface area is 101 Å². The van der Waals surface area contributed by atoms with Crippen molar-refractivity contribution in [1.29, 1.82) is 0 Å². The van der Waals surface area contributed by atoms with Gasteiger partial charge in [0.1, 0.15) is 11.5 Å². The van der Waals surface area contributed by atoms with Crippen LogP contribution in [0.4, 0.5) is 0 Å². The van der Waals surface area contributed by atoms with Crippen LogP contribution in [0.5, 0.6) is 0 Å². The molecule has 1 saturated heterocycles. The molecular weight excluding hydrogens is 218 g/mol. The topological polar surface area (TPSA) is 53.7 Å². The lowest BCUT2D eigenvalue weighted by atomic mass is 9.98. The lowest BCUT2D eigenvalue weighted by Crippen LogP contribution is -2.28. The van der Waals surface area contributed by atoms with Crippen LogP contribution >= 0.6 is 0 Å². The van der Waals surface area contributed by atoms with Crippen molar-refractivity contribution in [2.24, 2.45) is 5.92 Å². The summed E-state index contributed by atoms with van der Waals surface area (Å²) in [7, 11) is 0. The average Bonchev–Trinajstić information content (AvgIpc) is 2.84. The van der Waals surface area contributed by atoms with Gasteiger partial charge in [-0.3, -0.25) is 9.69 Å². The number of rotatable bonds is 4. The van der Waals surface area contributed by atoms with Crippen LogP contribution in [0.2, 0.25) is 0 Å². The van der Waals surface area contributed by atoms with Crippen LogP contribution in [0.25, 0.3) is 0 Å². The molecule has 2 atom stereocenters. The second-order valence-corrected chi connectivity index (χ2v) is 4.66. The number of likely N-dealkylation sites (tertiary alicyclic amines) is 1. The number of aliphatic carboxylic acids is 1. The van der Waals surface area contributed by atoms with Gasteiger partial charge in [-0.25, -0.2) is 0 Å². The summed E-state index contributed by atoms with van der Waals surface area (Å²) < 4.78 is 5.62. The molecule has 1 fully saturated rings. The standard InChI is InChI=1S/C13H19NO3/c1-3-7-14-8-6-10(13(15)16)12(14)11-5-4-9(2)17-11/h4-5,10,12H,3,6-8H2,1-2H3,(H,15,16)/t10-,12-/m0/s1. The van der Waals surface area contributed by atoms with E-state index in [9.17, 15) is 9.90 Å². The largest absolute Gasteiger partial charge is 0.481 e. The Kier molecular flexibility index (Phi) is 3.52. The zero-order valence-corrected chi connectivity index (χ0v) is 10.3. The van der Waals surface area contributed by atoms with Crippen LogP contribution in [-0.4, -0.2) is 29.1 Å². The van der Waals surface area contributed by atoms with E-state index in [0.717, 1.165) is 31.0 Å². The first-order chi connectivity index (χ1) is 8.13. The molecule has 1 aliphatic heterocycles. The molecule has 1 N–H and O–H groups in total. The van der Waals surface area contributed by atoms with E-state index < -0.39 is 5.97 Å². The number of aryl methyl sites for hydroxylation is 1. The molecule has 1 aromatic rings. The number of carboxylic acids is 1. The van der Waals surface area contributed by atoms with Crippen molar-refractivity contribution in [3.63, 3.8) is 0 Å². The lowest BCUT2D eigenvalue weighted by Gasteiger charge is -2.24. The predicted octanol–water partition coefficient (Wildman–Crippen LogP) is 2.45. The maximum absolute atomic E-state index is 11.3. The molecule has 17 heavy (non-hydrogen) atoms. The summed E-state index contributed by atoms with van der Waals surface area (Å²) in [5, 5.41) is 9.27. The number of furan rings is 1. The normalized spacial score (nSPS) is 25.3. The minimum Gasteiger partial charge on any atom is -0.481 e. The van der Waals surface area contributed by atoms with Gasteiger partial charge in [0.2, 0.25) is 0 Å². The van der Waals surface area contributed by atoms with Crippen molar-refractivity contribution >= 4 is 5.97 Å². The van der Waals surface area contributed by atoms with E-state index in [1.165, 1.54) is 0 Å². The minimum absolute atomic E-state index is 0.0962. The zero-order chi connectivity index (χ0) is 12.4. The molecular formula is C13H19NO3. The van der Waals surface area contributed by atoms with E-state index in [1.54, 1.807) is 0 Å². The SMILES string of the molecule is CCCN1CC[C@H](C(=O)O)[C@H]1c1ccc(C)o1. The summed E-state index contributed by atoms with van der Waals surface area (Å²) in [6.07, 6.45) is 1.74. The highest BCUT2D eigenvalue weighted by molar-refractivity contribution is 5.71. The summed E-state index contributed by atoms with van der Waals surface area (Å²) in [5.74, 6) is 0.572. The molecule has 94 valence electrons. The molecule has 0 aliphatic carbocycles. The Morgan fingerprint density at radius 1 is 1.59 bits per heavy atom. The highest BCUT2D eigenvalue weighted by atomic mass is 16.4. The molecule has 2 rings (SSSR count). The molecule has 0 unspecified atom stereocenters. The maximum atomic E-state index is 11.3. The van der Waals surface area contributed by atoms with Crippen LogP contribution in [0.3, 0.4) is 0 Å². The van der Waals surface area contributed by atoms with Crippen LogP contribution in [0.15, 0.2) is 16.5 Å². The van der Waals surface area contributed by atoms with E-state index in [4.69, 9.17) is 4.42 Å². The van der Waals surface area contributed by atoms with Crippen molar-refractivity contribution < 1.29 is 14.3 Å². The van der Waals surface area contributed by atoms with Crippen LogP contribution in [0, 0.1) is 12.8 Å². The van der Waals surface area contributed by atoms with Gasteiger partial charge >= 0.3 is 5.97 Å². The Morgan fingerprint density at radius 2 is 2.35 bits per heavy atom. The van der Waals surface area contributed by atoms with E-state index in [-0.39, 0.29) is 12.0 Å². The monoisotopic (exact) mass is 237 g/mol. The number of nitrogens with zero attached hydrogens (tertiary/aromatic N) is 1. The molecule has 4 heteroatoms. The number of hydrogen-bond donors (Lipinski definition) is 1. The molecule has 0 radical (unpaired) electrons. The van der Waals surface area contributed by atoms with Gasteiger partial charge in [0, 0.05) is 0 Å². The number of carboxylic acid groups (broad SMARTS) is 1. The van der Waals surface area contributed by atoms with E-state index in [1.807, 2.05) is 19.1 Å². The highest BCUT2D eigenvalue weighted by Crippen LogP contribution is 2.38. The second kappa shape index (κ2) is 4.92. The first kappa shape index (κ1) is 12.2. The zero-order valence-electron chi connectivity index (χ0n) is 10.3. The van der Waals surface area contributed by atoms with Gasteiger partial charge in [-0.2, -0.15) is 0 Å². The third kappa shape index (κ3) is 2.36. The van der Waals surface area contributed by atoms with Crippen LogP contribution in [-0.2, 0) is 4.79 Å². The van der Waals surface area contributed by atoms with Crippen molar-refractivity contribution in [2.75, 3.05) is 13.1 Å². The van der Waals surface area contributed by atoms with Gasteiger partial charge in [-0.1, -0.05) is 6.92 Å². The van der Waals surface area contributed by atoms with Gasteiger partial charge in [-0.15, -0.1) is 0 Å². The molecule has 0 saturated carbocycles. The lowest BCUT2D eigenvalue weighted by molar-refractivity contribution is -0.142. The Hall–Kier alpha value is -1.29. The van der Waals surface area contributed by atoms with Gasteiger partial charge in [0.25, 0.3) is 0 Å². The molecule has 0 bridgehead atoms. The van der Waals surface area contributed by atoms with Crippen LogP contribution in [0.1, 0.15) is 37.3 Å². The summed E-state index contributed by atoms with van der Waals surface area (Å²) in [6.45, 7) is 5.76. The van der Waals surface area contributed by atoms with Gasteiger partial charge in [0.05, 0.1) is 12.0 Å². The summed E-state index contributed by atoms with van der Waals surface area (Å²) in [5.41, 5.74) is 0. The smallest absolute Gasteiger partial charge is 0.308 e. The number of hydrogen-bond acceptors (Lipinski definition) is 3. The third-order valence-electron chi connectivity index (χ3n) is 3.38. The molecule has 0 aromatic carbocycles. The average molecular weight is 237 g/mol. The maximum Gasteiger partial charge on any atom is 0.308 e. The van der Waals surface area contributed by atoms with Crippen molar-refractivity contribution in [1.82, 2.24) is 4.90 Å². The Balaban J connectivity index is 2.25. The summed E-state index contributed by atoms with van der Waals surface area (Å²) in [4.78, 5) is 13.5. The van der Waals surface area contributed by atoms with Crippen molar-refractivity contribution in [3.8, 4) is 0 Å².